The molecule has 2 aromatic rings. The normalized spacial score (nSPS) is 22.6. The summed E-state index contributed by atoms with van der Waals surface area (Å²) in [6.07, 6.45) is 5.77. The zero-order chi connectivity index (χ0) is 23.5. The lowest BCUT2D eigenvalue weighted by Gasteiger charge is -2.31. The lowest BCUT2D eigenvalue weighted by Crippen LogP contribution is -2.44. The number of nitrogen functional groups attached to an aromatic ring is 1. The second-order valence-electron chi connectivity index (χ2n) is 8.85. The Bertz CT molecular complexity index is 1010. The second-order valence-corrected chi connectivity index (χ2v) is 8.85. The van der Waals surface area contributed by atoms with E-state index in [1.807, 2.05) is 4.90 Å². The van der Waals surface area contributed by atoms with Crippen LogP contribution in [0, 0.1) is 0 Å². The largest absolute Gasteiger partial charge is 0.446 e. The number of carbonyl (C=O) groups is 1. The van der Waals surface area contributed by atoms with Crippen molar-refractivity contribution < 1.29 is 19.4 Å². The topological polar surface area (TPSA) is 165 Å². The van der Waals surface area contributed by atoms with E-state index in [4.69, 9.17) is 15.2 Å². The number of anilines is 3. The zero-order valence-corrected chi connectivity index (χ0v) is 18.9. The van der Waals surface area contributed by atoms with Crippen LogP contribution in [0.1, 0.15) is 25.7 Å². The maximum Gasteiger partial charge on any atom is 0.410 e. The first-order valence-corrected chi connectivity index (χ1v) is 11.5. The van der Waals surface area contributed by atoms with Crippen molar-refractivity contribution in [3.05, 3.63) is 12.4 Å². The van der Waals surface area contributed by atoms with E-state index in [1.54, 1.807) is 17.3 Å². The summed E-state index contributed by atoms with van der Waals surface area (Å²) in [5, 5.41) is 13.2. The van der Waals surface area contributed by atoms with Crippen LogP contribution in [0.4, 0.5) is 22.6 Å². The molecule has 1 atom stereocenters. The van der Waals surface area contributed by atoms with Gasteiger partial charge in [0.15, 0.2) is 5.82 Å². The van der Waals surface area contributed by atoms with Crippen LogP contribution >= 0.6 is 0 Å². The molecule has 1 amide bonds. The van der Waals surface area contributed by atoms with Crippen molar-refractivity contribution in [2.24, 2.45) is 0 Å². The van der Waals surface area contributed by atoms with E-state index in [1.165, 1.54) is 0 Å². The molecule has 4 heterocycles. The number of hydrogen-bond acceptors (Lipinski definition) is 12. The summed E-state index contributed by atoms with van der Waals surface area (Å²) in [5.41, 5.74) is 5.65. The van der Waals surface area contributed by atoms with Gasteiger partial charge in [0, 0.05) is 45.2 Å². The van der Waals surface area contributed by atoms with Crippen LogP contribution in [-0.2, 0) is 9.47 Å². The Morgan fingerprint density at radius 3 is 2.68 bits per heavy atom. The van der Waals surface area contributed by atoms with Gasteiger partial charge in [-0.15, -0.1) is 0 Å². The third-order valence-corrected chi connectivity index (χ3v) is 6.22. The molecule has 3 aliphatic rings. The van der Waals surface area contributed by atoms with Gasteiger partial charge < -0.3 is 35.4 Å². The summed E-state index contributed by atoms with van der Waals surface area (Å²) in [6.45, 7) is 3.35. The highest BCUT2D eigenvalue weighted by molar-refractivity contribution is 5.69. The number of morpholine rings is 1. The van der Waals surface area contributed by atoms with Gasteiger partial charge >= 0.3 is 6.09 Å². The maximum absolute atomic E-state index is 12.5. The first-order chi connectivity index (χ1) is 16.5. The number of likely N-dealkylation sites (tertiary alicyclic amines) is 1. The van der Waals surface area contributed by atoms with E-state index in [0.717, 1.165) is 12.8 Å². The fraction of sp³-hybridized carbons (Fsp3) is 0.619. The Balaban J connectivity index is 1.42. The van der Waals surface area contributed by atoms with Gasteiger partial charge in [0.25, 0.3) is 0 Å². The molecule has 13 nitrogen and oxygen atoms in total. The summed E-state index contributed by atoms with van der Waals surface area (Å²) >= 11 is 0. The monoisotopic (exact) mass is 471 g/mol. The number of hydrogen-bond donors (Lipinski definition) is 3. The highest BCUT2D eigenvalue weighted by Crippen LogP contribution is 2.31. The Morgan fingerprint density at radius 1 is 1.21 bits per heavy atom. The average Bonchev–Trinajstić information content (AvgIpc) is 3.57. The molecule has 2 saturated heterocycles. The molecule has 0 radical (unpaired) electrons. The van der Waals surface area contributed by atoms with Gasteiger partial charge in [-0.3, -0.25) is 0 Å². The summed E-state index contributed by atoms with van der Waals surface area (Å²) in [5.74, 6) is 1.43. The fourth-order valence-corrected chi connectivity index (χ4v) is 4.16. The number of aromatic nitrogens is 5. The van der Waals surface area contributed by atoms with Crippen molar-refractivity contribution in [2.45, 2.75) is 37.3 Å². The number of nitrogens with two attached hydrogens (primary N) is 1. The van der Waals surface area contributed by atoms with Gasteiger partial charge in [0.1, 0.15) is 6.10 Å². The van der Waals surface area contributed by atoms with Gasteiger partial charge in [-0.25, -0.2) is 14.8 Å². The van der Waals surface area contributed by atoms with E-state index >= 15 is 0 Å². The lowest BCUT2D eigenvalue weighted by molar-refractivity contribution is 0.101. The molecule has 0 bridgehead atoms. The van der Waals surface area contributed by atoms with Crippen LogP contribution in [-0.4, -0.2) is 98.7 Å². The first kappa shape index (κ1) is 22.5. The molecule has 0 aromatic carbocycles. The number of aliphatic hydroxyl groups is 1. The Labute approximate surface area is 196 Å². The Kier molecular flexibility index (Phi) is 6.28. The van der Waals surface area contributed by atoms with E-state index < -0.39 is 5.54 Å². The molecule has 4 N–H and O–H groups in total. The number of aliphatic hydroxyl groups excluding tert-OH is 1. The number of nitrogens with zero attached hydrogens (tertiary/aromatic N) is 7. The van der Waals surface area contributed by atoms with E-state index in [9.17, 15) is 9.90 Å². The van der Waals surface area contributed by atoms with E-state index in [-0.39, 0.29) is 24.8 Å². The molecule has 2 aliphatic heterocycles. The average molecular weight is 472 g/mol. The van der Waals surface area contributed by atoms with Gasteiger partial charge in [0.2, 0.25) is 17.8 Å². The summed E-state index contributed by atoms with van der Waals surface area (Å²) < 4.78 is 10.9. The molecule has 1 saturated carbocycles. The van der Waals surface area contributed by atoms with Crippen LogP contribution in [0.3, 0.4) is 0 Å². The standard InChI is InChI=1S/C21H29N9O4/c22-17-23-11-14(12-24-17)16-25-18(27-19(26-16)29-6-9-33-10-7-29)28-21(4-8-31)3-5-30(13-21)20(32)34-15-1-2-15/h11-12,15,31H,1-10,13H2,(H2,22,23,24)(H,25,26,27,28)/t21-/m1/s1. The van der Waals surface area contributed by atoms with Gasteiger partial charge in [-0.1, -0.05) is 0 Å². The minimum absolute atomic E-state index is 0.0394. The number of carbonyl (C=O) groups excluding carboxylic acids is 1. The molecule has 5 rings (SSSR count). The minimum Gasteiger partial charge on any atom is -0.446 e. The molecule has 3 fully saturated rings. The van der Waals surface area contributed by atoms with Gasteiger partial charge in [-0.05, 0) is 25.7 Å². The van der Waals surface area contributed by atoms with Crippen molar-refractivity contribution in [1.29, 1.82) is 0 Å². The molecule has 0 unspecified atom stereocenters. The molecular formula is C21H29N9O4. The maximum atomic E-state index is 12.5. The third-order valence-electron chi connectivity index (χ3n) is 6.22. The van der Waals surface area contributed by atoms with Crippen LogP contribution in [0.25, 0.3) is 11.4 Å². The molecular weight excluding hydrogens is 442 g/mol. The van der Waals surface area contributed by atoms with E-state index in [2.05, 4.69) is 30.2 Å². The van der Waals surface area contributed by atoms with Crippen molar-refractivity contribution in [3.63, 3.8) is 0 Å². The second kappa shape index (κ2) is 9.50. The number of amides is 1. The SMILES string of the molecule is Nc1ncc(-c2nc(N[C@@]3(CCO)CCN(C(=O)OC4CC4)C3)nc(N3CCOCC3)n2)cn1. The smallest absolute Gasteiger partial charge is 0.410 e. The first-order valence-electron chi connectivity index (χ1n) is 11.5. The van der Waals surface area contributed by atoms with Crippen molar-refractivity contribution in [3.8, 4) is 11.4 Å². The molecule has 182 valence electrons. The number of rotatable bonds is 7. The van der Waals surface area contributed by atoms with Crippen LogP contribution < -0.4 is 16.0 Å². The quantitative estimate of drug-likeness (QED) is 0.506. The highest BCUT2D eigenvalue weighted by atomic mass is 16.6. The Morgan fingerprint density at radius 2 is 1.97 bits per heavy atom. The third kappa shape index (κ3) is 5.09. The zero-order valence-electron chi connectivity index (χ0n) is 18.9. The van der Waals surface area contributed by atoms with Crippen LogP contribution in [0.5, 0.6) is 0 Å². The highest BCUT2D eigenvalue weighted by Gasteiger charge is 2.42. The van der Waals surface area contributed by atoms with Crippen LogP contribution in [0.2, 0.25) is 0 Å². The molecule has 2 aromatic heterocycles. The summed E-state index contributed by atoms with van der Waals surface area (Å²) in [4.78, 5) is 38.2. The van der Waals surface area contributed by atoms with Crippen molar-refractivity contribution in [1.82, 2.24) is 29.8 Å². The lowest BCUT2D eigenvalue weighted by atomic mass is 9.95. The predicted molar refractivity (Wildman–Crippen MR) is 122 cm³/mol. The van der Waals surface area contributed by atoms with Crippen molar-refractivity contribution in [2.75, 3.05) is 62.0 Å². The van der Waals surface area contributed by atoms with Crippen LogP contribution in [0.15, 0.2) is 12.4 Å². The molecule has 34 heavy (non-hydrogen) atoms. The number of ether oxygens (including phenoxy) is 2. The predicted octanol–water partition coefficient (Wildman–Crippen LogP) is 0.285. The van der Waals surface area contributed by atoms with Gasteiger partial charge in [-0.2, -0.15) is 15.0 Å². The molecule has 1 aliphatic carbocycles. The molecule has 0 spiro atoms. The van der Waals surface area contributed by atoms with Gasteiger partial charge in [0.05, 0.1) is 24.3 Å². The minimum atomic E-state index is -0.587. The summed E-state index contributed by atoms with van der Waals surface area (Å²) in [7, 11) is 0. The van der Waals surface area contributed by atoms with E-state index in [0.29, 0.717) is 75.5 Å². The fourth-order valence-electron chi connectivity index (χ4n) is 4.16. The summed E-state index contributed by atoms with van der Waals surface area (Å²) in [6, 6.07) is 0. The Hall–Kier alpha value is -3.32. The van der Waals surface area contributed by atoms with Crippen molar-refractivity contribution >= 4 is 23.9 Å². The number of nitrogens with one attached hydrogen (secondary N) is 1. The molecule has 13 heteroatoms.